The van der Waals surface area contributed by atoms with Gasteiger partial charge in [-0.3, -0.25) is 4.79 Å². The minimum absolute atomic E-state index is 0.0428. The van der Waals surface area contributed by atoms with E-state index in [1.54, 1.807) is 0 Å². The molecule has 0 fully saturated rings. The van der Waals surface area contributed by atoms with E-state index in [0.29, 0.717) is 0 Å². The van der Waals surface area contributed by atoms with Crippen LogP contribution in [-0.2, 0) is 4.79 Å². The number of Topliss-reactive ketones (excluding diaryl/α,β-unsaturated/α-hetero) is 1. The predicted molar refractivity (Wildman–Crippen MR) is 70.6 cm³/mol. The first kappa shape index (κ1) is 15.6. The lowest BCUT2D eigenvalue weighted by molar-refractivity contribution is -0.131. The molecule has 0 radical (unpaired) electrons. The molecule has 0 amide bonds. The summed E-state index contributed by atoms with van der Waals surface area (Å²) >= 11 is 0. The van der Waals surface area contributed by atoms with E-state index in [0.717, 1.165) is 0 Å². The zero-order valence-electron chi connectivity index (χ0n) is 12.5. The average molecular weight is 227 g/mol. The summed E-state index contributed by atoms with van der Waals surface area (Å²) < 4.78 is 0. The molecule has 0 aromatic rings. The molecule has 0 saturated carbocycles. The fourth-order valence-corrected chi connectivity index (χ4v) is 1.54. The van der Waals surface area contributed by atoms with E-state index < -0.39 is 0 Å². The Kier molecular flexibility index (Phi) is 4.38. The molecule has 96 valence electrons. The van der Waals surface area contributed by atoms with E-state index >= 15 is 0 Å². The molecular formula is C14H29NO. The number of carbonyl (C=O) groups excluding carboxylic acids is 1. The van der Waals surface area contributed by atoms with Crippen molar-refractivity contribution in [2.24, 2.45) is 10.8 Å². The molecule has 0 unspecified atom stereocenters. The van der Waals surface area contributed by atoms with Crippen LogP contribution >= 0.6 is 0 Å². The molecule has 0 aromatic heterocycles. The van der Waals surface area contributed by atoms with Gasteiger partial charge in [-0.2, -0.15) is 0 Å². The third-order valence-electron chi connectivity index (χ3n) is 2.44. The van der Waals surface area contributed by atoms with Crippen LogP contribution in [0.5, 0.6) is 0 Å². The van der Waals surface area contributed by atoms with Crippen molar-refractivity contribution in [3.8, 4) is 0 Å². The van der Waals surface area contributed by atoms with E-state index in [2.05, 4.69) is 46.9 Å². The van der Waals surface area contributed by atoms with Gasteiger partial charge in [0.2, 0.25) is 0 Å². The molecule has 0 spiro atoms. The molecule has 0 heterocycles. The number of hydrogen-bond donors (Lipinski definition) is 1. The van der Waals surface area contributed by atoms with Crippen LogP contribution in [0.1, 0.15) is 62.3 Å². The van der Waals surface area contributed by atoms with Crippen LogP contribution in [0.15, 0.2) is 0 Å². The number of hydrogen-bond acceptors (Lipinski definition) is 2. The number of carbonyl (C=O) groups is 1. The van der Waals surface area contributed by atoms with E-state index in [9.17, 15) is 4.79 Å². The third-order valence-corrected chi connectivity index (χ3v) is 2.44. The van der Waals surface area contributed by atoms with Gasteiger partial charge >= 0.3 is 0 Å². The summed E-state index contributed by atoms with van der Waals surface area (Å²) in [7, 11) is 0. The summed E-state index contributed by atoms with van der Waals surface area (Å²) in [6, 6.07) is -0.104. The Morgan fingerprint density at radius 3 is 1.44 bits per heavy atom. The van der Waals surface area contributed by atoms with Crippen molar-refractivity contribution in [1.29, 1.82) is 0 Å². The van der Waals surface area contributed by atoms with Crippen LogP contribution in [0, 0.1) is 10.8 Å². The Labute approximate surface area is 101 Å². The summed E-state index contributed by atoms with van der Waals surface area (Å²) in [5.74, 6) is 0.287. The molecule has 0 rings (SSSR count). The molecule has 0 bridgehead atoms. The summed E-state index contributed by atoms with van der Waals surface area (Å²) in [5.41, 5.74) is -0.396. The van der Waals surface area contributed by atoms with Gasteiger partial charge in [-0.1, -0.05) is 41.5 Å². The molecule has 0 aliphatic carbocycles. The van der Waals surface area contributed by atoms with Crippen molar-refractivity contribution < 1.29 is 4.79 Å². The Bertz CT molecular complexity index is 247. The predicted octanol–water partition coefficient (Wildman–Crippen LogP) is 3.40. The van der Waals surface area contributed by atoms with E-state index in [-0.39, 0.29) is 28.2 Å². The lowest BCUT2D eigenvalue weighted by atomic mass is 9.75. The zero-order valence-corrected chi connectivity index (χ0v) is 12.5. The maximum absolute atomic E-state index is 12.4. The monoisotopic (exact) mass is 227 g/mol. The Morgan fingerprint density at radius 1 is 0.875 bits per heavy atom. The maximum atomic E-state index is 12.4. The third kappa shape index (κ3) is 5.11. The molecule has 0 aliphatic rings. The fraction of sp³-hybridized carbons (Fsp3) is 0.929. The van der Waals surface area contributed by atoms with Crippen molar-refractivity contribution in [3.05, 3.63) is 0 Å². The van der Waals surface area contributed by atoms with Gasteiger partial charge in [-0.25, -0.2) is 0 Å². The van der Waals surface area contributed by atoms with Crippen LogP contribution in [0.4, 0.5) is 0 Å². The smallest absolute Gasteiger partial charge is 0.155 e. The summed E-state index contributed by atoms with van der Waals surface area (Å²) in [5, 5.41) is 3.45. The second-order valence-corrected chi connectivity index (χ2v) is 7.81. The lowest BCUT2D eigenvalue weighted by Gasteiger charge is -2.39. The Balaban J connectivity index is 5.06. The highest BCUT2D eigenvalue weighted by Gasteiger charge is 2.38. The summed E-state index contributed by atoms with van der Waals surface area (Å²) in [6.07, 6.45) is 0. The molecule has 16 heavy (non-hydrogen) atoms. The van der Waals surface area contributed by atoms with E-state index in [4.69, 9.17) is 0 Å². The van der Waals surface area contributed by atoms with Crippen LogP contribution in [-0.4, -0.2) is 17.4 Å². The second-order valence-electron chi connectivity index (χ2n) is 7.81. The minimum atomic E-state index is -0.295. The molecular weight excluding hydrogens is 198 g/mol. The topological polar surface area (TPSA) is 29.1 Å². The van der Waals surface area contributed by atoms with Gasteiger partial charge in [-0.15, -0.1) is 0 Å². The maximum Gasteiger partial charge on any atom is 0.155 e. The van der Waals surface area contributed by atoms with Gasteiger partial charge in [0, 0.05) is 11.0 Å². The largest absolute Gasteiger partial charge is 0.302 e. The molecule has 0 saturated heterocycles. The van der Waals surface area contributed by atoms with Crippen molar-refractivity contribution in [1.82, 2.24) is 5.32 Å². The Hall–Kier alpha value is -0.370. The fourth-order valence-electron chi connectivity index (χ4n) is 1.54. The van der Waals surface area contributed by atoms with Crippen LogP contribution in [0.25, 0.3) is 0 Å². The first-order chi connectivity index (χ1) is 6.75. The molecule has 2 nitrogen and oxygen atoms in total. The standard InChI is InChI=1S/C14H29NO/c1-12(2,3)10(15-14(7,8)9)11(16)13(4,5)6/h10,15H,1-9H3/t10-/m1/s1. The molecule has 1 N–H and O–H groups in total. The van der Waals surface area contributed by atoms with Gasteiger partial charge in [0.1, 0.15) is 0 Å². The van der Waals surface area contributed by atoms with Crippen molar-refractivity contribution in [2.75, 3.05) is 0 Å². The summed E-state index contributed by atoms with van der Waals surface area (Å²) in [4.78, 5) is 12.4. The molecule has 0 aliphatic heterocycles. The number of nitrogens with one attached hydrogen (secondary N) is 1. The van der Waals surface area contributed by atoms with Crippen LogP contribution in [0.2, 0.25) is 0 Å². The van der Waals surface area contributed by atoms with Crippen LogP contribution < -0.4 is 5.32 Å². The lowest BCUT2D eigenvalue weighted by Crippen LogP contribution is -2.56. The van der Waals surface area contributed by atoms with Gasteiger partial charge in [0.15, 0.2) is 5.78 Å². The normalized spacial score (nSPS) is 16.1. The number of rotatable bonds is 2. The molecule has 1 atom stereocenters. The van der Waals surface area contributed by atoms with Crippen molar-refractivity contribution in [3.63, 3.8) is 0 Å². The second kappa shape index (κ2) is 4.48. The zero-order chi connectivity index (χ0) is 13.4. The molecule has 2 heteroatoms. The van der Waals surface area contributed by atoms with E-state index in [1.165, 1.54) is 0 Å². The highest BCUT2D eigenvalue weighted by atomic mass is 16.1. The minimum Gasteiger partial charge on any atom is -0.302 e. The number of ketones is 1. The summed E-state index contributed by atoms with van der Waals surface area (Å²) in [6.45, 7) is 18.6. The molecule has 0 aromatic carbocycles. The van der Waals surface area contributed by atoms with Gasteiger partial charge in [-0.05, 0) is 26.2 Å². The first-order valence-corrected chi connectivity index (χ1v) is 6.07. The van der Waals surface area contributed by atoms with Gasteiger partial charge < -0.3 is 5.32 Å². The highest BCUT2D eigenvalue weighted by Crippen LogP contribution is 2.28. The van der Waals surface area contributed by atoms with Gasteiger partial charge in [0.25, 0.3) is 0 Å². The van der Waals surface area contributed by atoms with Crippen LogP contribution in [0.3, 0.4) is 0 Å². The quantitative estimate of drug-likeness (QED) is 0.783. The van der Waals surface area contributed by atoms with Crippen molar-refractivity contribution in [2.45, 2.75) is 73.9 Å². The van der Waals surface area contributed by atoms with E-state index in [1.807, 2.05) is 20.8 Å². The Morgan fingerprint density at radius 2 is 1.25 bits per heavy atom. The SMILES string of the molecule is CC(C)(C)N[C@H](C(=O)C(C)(C)C)C(C)(C)C. The highest BCUT2D eigenvalue weighted by molar-refractivity contribution is 5.89. The average Bonchev–Trinajstić information content (AvgIpc) is 1.93. The van der Waals surface area contributed by atoms with Gasteiger partial charge in [0.05, 0.1) is 6.04 Å². The van der Waals surface area contributed by atoms with Crippen molar-refractivity contribution >= 4 is 5.78 Å². The first-order valence-electron chi connectivity index (χ1n) is 6.07.